The van der Waals surface area contributed by atoms with Gasteiger partial charge in [-0.05, 0) is 33.6 Å². The predicted octanol–water partition coefficient (Wildman–Crippen LogP) is 4.13. The lowest BCUT2D eigenvalue weighted by Gasteiger charge is -2.05. The van der Waals surface area contributed by atoms with Gasteiger partial charge in [0, 0.05) is 12.8 Å². The zero-order valence-corrected chi connectivity index (χ0v) is 10.7. The SMILES string of the molecule is Cc1cc(C)cc(C)c1.O=C1CCCCC1. The molecule has 0 heterocycles. The third-order valence-corrected chi connectivity index (χ3v) is 2.78. The molecule has 1 aromatic carbocycles. The van der Waals surface area contributed by atoms with Crippen LogP contribution < -0.4 is 0 Å². The van der Waals surface area contributed by atoms with Gasteiger partial charge in [-0.25, -0.2) is 0 Å². The van der Waals surface area contributed by atoms with Crippen LogP contribution in [-0.2, 0) is 4.79 Å². The van der Waals surface area contributed by atoms with E-state index >= 15 is 0 Å². The summed E-state index contributed by atoms with van der Waals surface area (Å²) in [6.07, 6.45) is 5.24. The van der Waals surface area contributed by atoms with Crippen molar-refractivity contribution in [3.05, 3.63) is 34.9 Å². The van der Waals surface area contributed by atoms with Crippen LogP contribution in [-0.4, -0.2) is 5.78 Å². The minimum atomic E-state index is 0.464. The third-order valence-electron chi connectivity index (χ3n) is 2.78. The highest BCUT2D eigenvalue weighted by Gasteiger charge is 2.05. The van der Waals surface area contributed by atoms with Gasteiger partial charge in [0.25, 0.3) is 0 Å². The summed E-state index contributed by atoms with van der Waals surface area (Å²) >= 11 is 0. The molecule has 1 aliphatic rings. The van der Waals surface area contributed by atoms with Crippen molar-refractivity contribution in [3.63, 3.8) is 0 Å². The summed E-state index contributed by atoms with van der Waals surface area (Å²) in [7, 11) is 0. The van der Waals surface area contributed by atoms with Crippen LogP contribution in [0.15, 0.2) is 18.2 Å². The van der Waals surface area contributed by atoms with E-state index in [9.17, 15) is 4.79 Å². The molecule has 0 bridgehead atoms. The van der Waals surface area contributed by atoms with Gasteiger partial charge >= 0.3 is 0 Å². The molecular formula is C15H22O. The monoisotopic (exact) mass is 218 g/mol. The zero-order valence-electron chi connectivity index (χ0n) is 10.7. The van der Waals surface area contributed by atoms with Gasteiger partial charge < -0.3 is 0 Å². The van der Waals surface area contributed by atoms with Gasteiger partial charge in [-0.1, -0.05) is 41.3 Å². The number of benzene rings is 1. The molecule has 0 saturated heterocycles. The first-order valence-electron chi connectivity index (χ1n) is 6.14. The van der Waals surface area contributed by atoms with Crippen molar-refractivity contribution in [1.82, 2.24) is 0 Å². The van der Waals surface area contributed by atoms with Crippen LogP contribution in [0.3, 0.4) is 0 Å². The van der Waals surface area contributed by atoms with E-state index in [2.05, 4.69) is 39.0 Å². The molecule has 0 spiro atoms. The maximum absolute atomic E-state index is 10.5. The smallest absolute Gasteiger partial charge is 0.132 e. The second-order valence-corrected chi connectivity index (χ2v) is 4.76. The van der Waals surface area contributed by atoms with Gasteiger partial charge in [0.1, 0.15) is 5.78 Å². The van der Waals surface area contributed by atoms with E-state index in [0.717, 1.165) is 25.7 Å². The Labute approximate surface area is 98.9 Å². The number of carbonyl (C=O) groups is 1. The van der Waals surface area contributed by atoms with Crippen molar-refractivity contribution >= 4 is 5.78 Å². The van der Waals surface area contributed by atoms with Gasteiger partial charge in [-0.2, -0.15) is 0 Å². The number of carbonyl (C=O) groups excluding carboxylic acids is 1. The Morgan fingerprint density at radius 2 is 1.12 bits per heavy atom. The van der Waals surface area contributed by atoms with Gasteiger partial charge in [-0.3, -0.25) is 4.79 Å². The molecule has 88 valence electrons. The number of rotatable bonds is 0. The standard InChI is InChI=1S/C9H12.C6H10O/c1-7-4-8(2)6-9(3)5-7;7-6-4-2-1-3-5-6/h4-6H,1-3H3;1-5H2. The minimum Gasteiger partial charge on any atom is -0.300 e. The fourth-order valence-electron chi connectivity index (χ4n) is 2.15. The van der Waals surface area contributed by atoms with Crippen LogP contribution in [0, 0.1) is 20.8 Å². The van der Waals surface area contributed by atoms with E-state index in [4.69, 9.17) is 0 Å². The van der Waals surface area contributed by atoms with Crippen LogP contribution in [0.2, 0.25) is 0 Å². The highest BCUT2D eigenvalue weighted by Crippen LogP contribution is 2.12. The highest BCUT2D eigenvalue weighted by atomic mass is 16.1. The van der Waals surface area contributed by atoms with Crippen LogP contribution in [0.25, 0.3) is 0 Å². The number of hydrogen-bond acceptors (Lipinski definition) is 1. The van der Waals surface area contributed by atoms with Gasteiger partial charge in [0.05, 0.1) is 0 Å². The van der Waals surface area contributed by atoms with Crippen LogP contribution in [0.5, 0.6) is 0 Å². The molecule has 1 fully saturated rings. The number of aryl methyl sites for hydroxylation is 3. The minimum absolute atomic E-state index is 0.464. The maximum Gasteiger partial charge on any atom is 0.132 e. The normalized spacial score (nSPS) is 15.3. The predicted molar refractivity (Wildman–Crippen MR) is 68.7 cm³/mol. The average molecular weight is 218 g/mol. The van der Waals surface area contributed by atoms with Crippen molar-refractivity contribution in [3.8, 4) is 0 Å². The maximum atomic E-state index is 10.5. The Balaban J connectivity index is 0.000000165. The lowest BCUT2D eigenvalue weighted by Crippen LogP contribution is -2.02. The molecule has 1 aliphatic carbocycles. The van der Waals surface area contributed by atoms with E-state index < -0.39 is 0 Å². The molecule has 16 heavy (non-hydrogen) atoms. The molecule has 0 radical (unpaired) electrons. The van der Waals surface area contributed by atoms with Crippen molar-refractivity contribution in [2.24, 2.45) is 0 Å². The Morgan fingerprint density at radius 1 is 0.750 bits per heavy atom. The van der Waals surface area contributed by atoms with E-state index in [1.54, 1.807) is 0 Å². The van der Waals surface area contributed by atoms with Crippen LogP contribution in [0.1, 0.15) is 48.8 Å². The largest absolute Gasteiger partial charge is 0.300 e. The molecule has 0 unspecified atom stereocenters. The molecule has 0 aromatic heterocycles. The van der Waals surface area contributed by atoms with Crippen LogP contribution in [0.4, 0.5) is 0 Å². The first kappa shape index (κ1) is 13.0. The van der Waals surface area contributed by atoms with E-state index in [-0.39, 0.29) is 0 Å². The van der Waals surface area contributed by atoms with Gasteiger partial charge in [0.15, 0.2) is 0 Å². The summed E-state index contributed by atoms with van der Waals surface area (Å²) in [6.45, 7) is 6.38. The summed E-state index contributed by atoms with van der Waals surface area (Å²) in [4.78, 5) is 10.5. The topological polar surface area (TPSA) is 17.1 Å². The molecule has 1 aromatic rings. The number of hydrogen-bond donors (Lipinski definition) is 0. The first-order chi connectivity index (χ1) is 7.58. The molecule has 0 aliphatic heterocycles. The van der Waals surface area contributed by atoms with Crippen molar-refractivity contribution in [1.29, 1.82) is 0 Å². The zero-order chi connectivity index (χ0) is 12.0. The van der Waals surface area contributed by atoms with E-state index in [0.29, 0.717) is 5.78 Å². The molecule has 2 rings (SSSR count). The Hall–Kier alpha value is -1.11. The number of ketones is 1. The lowest BCUT2D eigenvalue weighted by atomic mass is 10.00. The molecule has 1 nitrogen and oxygen atoms in total. The Kier molecular flexibility index (Phi) is 5.24. The average Bonchev–Trinajstić information content (AvgIpc) is 2.17. The summed E-state index contributed by atoms with van der Waals surface area (Å²) in [5, 5.41) is 0. The fourth-order valence-corrected chi connectivity index (χ4v) is 2.15. The lowest BCUT2D eigenvalue weighted by molar-refractivity contribution is -0.120. The van der Waals surface area contributed by atoms with Crippen molar-refractivity contribution < 1.29 is 4.79 Å². The van der Waals surface area contributed by atoms with E-state index in [1.807, 2.05) is 0 Å². The summed E-state index contributed by atoms with van der Waals surface area (Å²) in [5.74, 6) is 0.464. The summed E-state index contributed by atoms with van der Waals surface area (Å²) in [5.41, 5.74) is 4.06. The second kappa shape index (κ2) is 6.47. The summed E-state index contributed by atoms with van der Waals surface area (Å²) < 4.78 is 0. The second-order valence-electron chi connectivity index (χ2n) is 4.76. The third kappa shape index (κ3) is 5.11. The summed E-state index contributed by atoms with van der Waals surface area (Å²) in [6, 6.07) is 6.56. The number of Topliss-reactive ketones (excluding diaryl/α,β-unsaturated/α-hetero) is 1. The Bertz CT molecular complexity index is 294. The molecule has 0 amide bonds. The van der Waals surface area contributed by atoms with E-state index in [1.165, 1.54) is 23.1 Å². The van der Waals surface area contributed by atoms with Gasteiger partial charge in [0.2, 0.25) is 0 Å². The molecule has 1 saturated carbocycles. The van der Waals surface area contributed by atoms with Crippen LogP contribution >= 0.6 is 0 Å². The molecule has 0 atom stereocenters. The van der Waals surface area contributed by atoms with Crippen molar-refractivity contribution in [2.45, 2.75) is 52.9 Å². The fraction of sp³-hybridized carbons (Fsp3) is 0.533. The van der Waals surface area contributed by atoms with Gasteiger partial charge in [-0.15, -0.1) is 0 Å². The van der Waals surface area contributed by atoms with Crippen molar-refractivity contribution in [2.75, 3.05) is 0 Å². The molecular weight excluding hydrogens is 196 g/mol. The quantitative estimate of drug-likeness (QED) is 0.640. The first-order valence-corrected chi connectivity index (χ1v) is 6.14. The molecule has 0 N–H and O–H groups in total. The Morgan fingerprint density at radius 3 is 1.38 bits per heavy atom. The highest BCUT2D eigenvalue weighted by molar-refractivity contribution is 5.78. The molecule has 1 heteroatoms.